The molecule has 0 spiro atoms. The van der Waals surface area contributed by atoms with Crippen molar-refractivity contribution >= 4 is 40.7 Å². The summed E-state index contributed by atoms with van der Waals surface area (Å²) in [5, 5.41) is 13.9. The summed E-state index contributed by atoms with van der Waals surface area (Å²) >= 11 is 0. The van der Waals surface area contributed by atoms with Crippen molar-refractivity contribution in [3.05, 3.63) is 60.9 Å². The van der Waals surface area contributed by atoms with Crippen LogP contribution < -0.4 is 9.64 Å². The Bertz CT molecular complexity index is 1740. The van der Waals surface area contributed by atoms with E-state index in [0.717, 1.165) is 4.68 Å². The molecule has 1 N–H and O–H groups in total. The number of carboxylic acid groups (broad SMARTS) is 1. The van der Waals surface area contributed by atoms with Gasteiger partial charge in [0.15, 0.2) is 5.82 Å². The van der Waals surface area contributed by atoms with Crippen molar-refractivity contribution in [2.24, 2.45) is 0 Å². The highest BCUT2D eigenvalue weighted by Gasteiger charge is 2.31. The summed E-state index contributed by atoms with van der Waals surface area (Å²) in [6.07, 6.45) is 1.15. The highest BCUT2D eigenvalue weighted by molar-refractivity contribution is 5.98. The quantitative estimate of drug-likeness (QED) is 0.264. The molecule has 3 heterocycles. The van der Waals surface area contributed by atoms with Crippen LogP contribution in [0.4, 0.5) is 25.9 Å². The van der Waals surface area contributed by atoms with Crippen LogP contribution in [-0.2, 0) is 9.47 Å². The number of carbonyl (C=O) groups is 3. The number of likely N-dealkylation sites (tertiary alicyclic amines) is 1. The molecule has 0 radical (unpaired) electrons. The Kier molecular flexibility index (Phi) is 8.37. The van der Waals surface area contributed by atoms with E-state index in [2.05, 4.69) is 10.1 Å². The maximum Gasteiger partial charge on any atom is 0.432 e. The fourth-order valence-corrected chi connectivity index (χ4v) is 4.78. The van der Waals surface area contributed by atoms with E-state index in [1.807, 2.05) is 39.0 Å². The lowest BCUT2D eigenvalue weighted by Crippen LogP contribution is -2.36. The summed E-state index contributed by atoms with van der Waals surface area (Å²) in [4.78, 5) is 49.6. The van der Waals surface area contributed by atoms with Gasteiger partial charge in [0.1, 0.15) is 28.9 Å². The minimum Gasteiger partial charge on any atom is -0.488 e. The molecular formula is C32H36N6O7. The standard InChI is InChI=1S/C32H36N6O7/c1-31(2,3)44-29(41)36-15-13-24(19-36)43-23-9-7-8-20(17-23)27-33-14-12-26(35-27)37(30(42)45-32(4,5)6)22-10-11-25-21(16-22)18-34-38(25)28(39)40/h7-12,14,16-18,24H,13,15,19H2,1-6H3,(H,39,40). The van der Waals surface area contributed by atoms with Gasteiger partial charge in [-0.1, -0.05) is 12.1 Å². The Labute approximate surface area is 260 Å². The molecular weight excluding hydrogens is 580 g/mol. The SMILES string of the molecule is CC(C)(C)OC(=O)N1CCC(Oc2cccc(-c3nccc(N(C(=O)OC(C)(C)C)c4ccc5c(cnn5C(=O)O)c4)n3)c2)C1. The van der Waals surface area contributed by atoms with Crippen molar-refractivity contribution in [3.63, 3.8) is 0 Å². The number of hydrogen-bond donors (Lipinski definition) is 1. The first-order valence-corrected chi connectivity index (χ1v) is 14.5. The Morgan fingerprint density at radius 1 is 0.978 bits per heavy atom. The van der Waals surface area contributed by atoms with Gasteiger partial charge >= 0.3 is 18.3 Å². The molecule has 2 aromatic carbocycles. The molecule has 1 saturated heterocycles. The second-order valence-corrected chi connectivity index (χ2v) is 12.6. The molecule has 0 aliphatic carbocycles. The molecule has 1 fully saturated rings. The number of nitrogens with zero attached hydrogens (tertiary/aromatic N) is 6. The number of amides is 2. The summed E-state index contributed by atoms with van der Waals surface area (Å²) in [6, 6.07) is 13.7. The van der Waals surface area contributed by atoms with Crippen LogP contribution in [0.1, 0.15) is 48.0 Å². The molecule has 0 saturated carbocycles. The summed E-state index contributed by atoms with van der Waals surface area (Å²) in [7, 11) is 0. The van der Waals surface area contributed by atoms with E-state index in [9.17, 15) is 19.5 Å². The first kappa shape index (κ1) is 31.2. The van der Waals surface area contributed by atoms with Crippen LogP contribution in [0.2, 0.25) is 0 Å². The van der Waals surface area contributed by atoms with Crippen LogP contribution >= 0.6 is 0 Å². The summed E-state index contributed by atoms with van der Waals surface area (Å²) in [6.45, 7) is 11.7. The number of anilines is 2. The van der Waals surface area contributed by atoms with Crippen molar-refractivity contribution in [2.75, 3.05) is 18.0 Å². The van der Waals surface area contributed by atoms with Gasteiger partial charge in [-0.15, -0.1) is 0 Å². The topological polar surface area (TPSA) is 149 Å². The van der Waals surface area contributed by atoms with Gasteiger partial charge in [-0.2, -0.15) is 9.78 Å². The first-order chi connectivity index (χ1) is 21.2. The number of ether oxygens (including phenoxy) is 3. The van der Waals surface area contributed by atoms with Crippen molar-refractivity contribution in [3.8, 4) is 17.1 Å². The molecule has 2 aromatic heterocycles. The Balaban J connectivity index is 1.41. The zero-order chi connectivity index (χ0) is 32.5. The second-order valence-electron chi connectivity index (χ2n) is 12.6. The second kappa shape index (κ2) is 12.1. The minimum atomic E-state index is -1.22. The fourth-order valence-electron chi connectivity index (χ4n) is 4.78. The van der Waals surface area contributed by atoms with E-state index >= 15 is 0 Å². The number of rotatable bonds is 5. The molecule has 1 unspecified atom stereocenters. The van der Waals surface area contributed by atoms with E-state index < -0.39 is 23.4 Å². The molecule has 5 rings (SSSR count). The van der Waals surface area contributed by atoms with Gasteiger partial charge in [0, 0.05) is 30.1 Å². The number of hydrogen-bond acceptors (Lipinski definition) is 9. The van der Waals surface area contributed by atoms with E-state index in [-0.39, 0.29) is 18.0 Å². The zero-order valence-electron chi connectivity index (χ0n) is 26.1. The third-order valence-corrected chi connectivity index (χ3v) is 6.63. The molecule has 45 heavy (non-hydrogen) atoms. The number of fused-ring (bicyclic) bond motifs is 1. The van der Waals surface area contributed by atoms with Gasteiger partial charge in [0.2, 0.25) is 0 Å². The molecule has 2 amide bonds. The smallest absolute Gasteiger partial charge is 0.432 e. The van der Waals surface area contributed by atoms with Crippen LogP contribution in [0, 0.1) is 0 Å². The molecule has 4 aromatic rings. The van der Waals surface area contributed by atoms with Crippen LogP contribution in [0.3, 0.4) is 0 Å². The normalized spacial score (nSPS) is 15.2. The van der Waals surface area contributed by atoms with Gasteiger partial charge in [-0.25, -0.2) is 29.3 Å². The Hall–Kier alpha value is -5.20. The van der Waals surface area contributed by atoms with Gasteiger partial charge in [-0.05, 0) is 77.9 Å². The van der Waals surface area contributed by atoms with Gasteiger partial charge < -0.3 is 24.2 Å². The van der Waals surface area contributed by atoms with Crippen molar-refractivity contribution in [2.45, 2.75) is 65.3 Å². The third kappa shape index (κ3) is 7.48. The molecule has 236 valence electrons. The van der Waals surface area contributed by atoms with Crippen LogP contribution in [0.5, 0.6) is 5.75 Å². The van der Waals surface area contributed by atoms with Crippen molar-refractivity contribution < 1.29 is 33.7 Å². The van der Waals surface area contributed by atoms with Gasteiger partial charge in [0.25, 0.3) is 0 Å². The number of aromatic nitrogens is 4. The average Bonchev–Trinajstić information content (AvgIpc) is 3.59. The predicted molar refractivity (Wildman–Crippen MR) is 166 cm³/mol. The maximum absolute atomic E-state index is 13.5. The molecule has 1 aliphatic heterocycles. The fraction of sp³-hybridized carbons (Fsp3) is 0.375. The Morgan fingerprint density at radius 3 is 2.44 bits per heavy atom. The lowest BCUT2D eigenvalue weighted by atomic mass is 10.2. The molecule has 13 heteroatoms. The van der Waals surface area contributed by atoms with E-state index in [0.29, 0.717) is 53.2 Å². The largest absolute Gasteiger partial charge is 0.488 e. The van der Waals surface area contributed by atoms with Gasteiger partial charge in [0.05, 0.1) is 23.9 Å². The van der Waals surface area contributed by atoms with E-state index in [4.69, 9.17) is 19.2 Å². The van der Waals surface area contributed by atoms with Crippen LogP contribution in [0.25, 0.3) is 22.3 Å². The highest BCUT2D eigenvalue weighted by Crippen LogP contribution is 2.31. The summed E-state index contributed by atoms with van der Waals surface area (Å²) in [5.74, 6) is 1.17. The number of benzene rings is 2. The van der Waals surface area contributed by atoms with E-state index in [1.165, 1.54) is 11.1 Å². The number of carbonyl (C=O) groups excluding carboxylic acids is 2. The minimum absolute atomic E-state index is 0.205. The van der Waals surface area contributed by atoms with Crippen molar-refractivity contribution in [1.29, 1.82) is 0 Å². The third-order valence-electron chi connectivity index (χ3n) is 6.63. The lowest BCUT2D eigenvalue weighted by molar-refractivity contribution is 0.0275. The lowest BCUT2D eigenvalue weighted by Gasteiger charge is -2.27. The molecule has 1 atom stereocenters. The highest BCUT2D eigenvalue weighted by atomic mass is 16.6. The summed E-state index contributed by atoms with van der Waals surface area (Å²) in [5.41, 5.74) is 0.0490. The first-order valence-electron chi connectivity index (χ1n) is 14.5. The molecule has 13 nitrogen and oxygen atoms in total. The molecule has 0 bridgehead atoms. The maximum atomic E-state index is 13.5. The monoisotopic (exact) mass is 616 g/mol. The van der Waals surface area contributed by atoms with Crippen LogP contribution in [-0.4, -0.2) is 78.4 Å². The van der Waals surface area contributed by atoms with E-state index in [1.54, 1.807) is 62.2 Å². The van der Waals surface area contributed by atoms with Crippen LogP contribution in [0.15, 0.2) is 60.9 Å². The average molecular weight is 617 g/mol. The predicted octanol–water partition coefficient (Wildman–Crippen LogP) is 6.48. The van der Waals surface area contributed by atoms with Gasteiger partial charge in [-0.3, -0.25) is 0 Å². The van der Waals surface area contributed by atoms with Crippen molar-refractivity contribution in [1.82, 2.24) is 24.6 Å². The molecule has 1 aliphatic rings. The Morgan fingerprint density at radius 2 is 1.73 bits per heavy atom. The summed E-state index contributed by atoms with van der Waals surface area (Å²) < 4.78 is 18.3. The zero-order valence-corrected chi connectivity index (χ0v) is 26.1.